The number of fused-ring (bicyclic) bond motifs is 1. The highest BCUT2D eigenvalue weighted by Gasteiger charge is 2.25. The quantitative estimate of drug-likeness (QED) is 0.483. The third-order valence-electron chi connectivity index (χ3n) is 6.49. The maximum absolute atomic E-state index is 12.6. The number of nitrogens with zero attached hydrogens (tertiary/aromatic N) is 4. The van der Waals surface area contributed by atoms with Gasteiger partial charge in [0.1, 0.15) is 16.8 Å². The minimum atomic E-state index is -0.247. The number of hydrogen-bond acceptors (Lipinski definition) is 9. The standard InChI is InChI=1S/C24H29N7O4/c1-25-22(32)18-6-7-26-24(30-18)29-15-2-4-17(5-3-15)35-20-13-16(31-8-10-34-11-9-31)12-19-21(20)23(33)28-14-27-19/h6-7,12-15,17H,2-5,8-11H2,1H3,(H,25,32)(H,26,29,30)(H,27,28,33)/t15-,17+. The number of carbonyl (C=O) groups is 1. The molecule has 0 radical (unpaired) electrons. The monoisotopic (exact) mass is 479 g/mol. The van der Waals surface area contributed by atoms with Crippen LogP contribution in [0.3, 0.4) is 0 Å². The number of morpholine rings is 1. The first-order chi connectivity index (χ1) is 17.1. The molecular formula is C24H29N7O4. The Morgan fingerprint density at radius 3 is 2.74 bits per heavy atom. The Labute approximate surface area is 202 Å². The molecule has 11 heteroatoms. The van der Waals surface area contributed by atoms with Crippen molar-refractivity contribution in [3.8, 4) is 5.75 Å². The summed E-state index contributed by atoms with van der Waals surface area (Å²) >= 11 is 0. The van der Waals surface area contributed by atoms with Crippen LogP contribution in [-0.4, -0.2) is 71.3 Å². The molecule has 3 heterocycles. The molecule has 0 bridgehead atoms. The van der Waals surface area contributed by atoms with Crippen LogP contribution in [0.4, 0.5) is 11.6 Å². The highest BCUT2D eigenvalue weighted by atomic mass is 16.5. The molecule has 11 nitrogen and oxygen atoms in total. The molecule has 35 heavy (non-hydrogen) atoms. The summed E-state index contributed by atoms with van der Waals surface area (Å²) in [4.78, 5) is 42.3. The smallest absolute Gasteiger partial charge is 0.269 e. The molecule has 1 aromatic carbocycles. The number of aromatic amines is 1. The normalized spacial score (nSPS) is 20.4. The van der Waals surface area contributed by atoms with Gasteiger partial charge in [-0.15, -0.1) is 0 Å². The Hall–Kier alpha value is -3.73. The molecular weight excluding hydrogens is 450 g/mol. The van der Waals surface area contributed by atoms with Gasteiger partial charge in [-0.3, -0.25) is 9.59 Å². The molecule has 0 unspecified atom stereocenters. The zero-order valence-corrected chi connectivity index (χ0v) is 19.6. The second kappa shape index (κ2) is 10.3. The third-order valence-corrected chi connectivity index (χ3v) is 6.49. The van der Waals surface area contributed by atoms with Gasteiger partial charge in [0.15, 0.2) is 0 Å². The molecule has 1 amide bonds. The Morgan fingerprint density at radius 2 is 1.97 bits per heavy atom. The first-order valence-corrected chi connectivity index (χ1v) is 11.9. The van der Waals surface area contributed by atoms with E-state index in [2.05, 4.69) is 35.5 Å². The molecule has 0 atom stereocenters. The highest BCUT2D eigenvalue weighted by molar-refractivity contribution is 5.92. The van der Waals surface area contributed by atoms with Crippen LogP contribution in [0.1, 0.15) is 36.2 Å². The van der Waals surface area contributed by atoms with Crippen molar-refractivity contribution in [1.29, 1.82) is 0 Å². The summed E-state index contributed by atoms with van der Waals surface area (Å²) in [7, 11) is 1.57. The summed E-state index contributed by atoms with van der Waals surface area (Å²) in [5.41, 5.74) is 1.73. The van der Waals surface area contributed by atoms with E-state index in [1.54, 1.807) is 19.3 Å². The fraction of sp³-hybridized carbons (Fsp3) is 0.458. The number of ether oxygens (including phenoxy) is 2. The Kier molecular flexibility index (Phi) is 6.75. The minimum absolute atomic E-state index is 0.0195. The number of rotatable bonds is 6. The van der Waals surface area contributed by atoms with Crippen LogP contribution in [0.15, 0.2) is 35.5 Å². The molecule has 184 valence electrons. The Balaban J connectivity index is 1.28. The van der Waals surface area contributed by atoms with Crippen LogP contribution < -0.4 is 25.8 Å². The van der Waals surface area contributed by atoms with E-state index in [-0.39, 0.29) is 23.6 Å². The maximum Gasteiger partial charge on any atom is 0.269 e. The number of H-pyrrole nitrogens is 1. The summed E-state index contributed by atoms with van der Waals surface area (Å²) in [5.74, 6) is 0.761. The lowest BCUT2D eigenvalue weighted by Gasteiger charge is -2.31. The second-order valence-electron chi connectivity index (χ2n) is 8.75. The molecule has 3 N–H and O–H groups in total. The van der Waals surface area contributed by atoms with E-state index < -0.39 is 0 Å². The summed E-state index contributed by atoms with van der Waals surface area (Å²) in [6, 6.07) is 5.65. The summed E-state index contributed by atoms with van der Waals surface area (Å²) < 4.78 is 11.9. The molecule has 2 fully saturated rings. The van der Waals surface area contributed by atoms with Crippen molar-refractivity contribution in [3.05, 3.63) is 46.8 Å². The van der Waals surface area contributed by atoms with Gasteiger partial charge in [-0.25, -0.2) is 15.0 Å². The van der Waals surface area contributed by atoms with Crippen LogP contribution in [0, 0.1) is 0 Å². The van der Waals surface area contributed by atoms with E-state index in [1.165, 1.54) is 6.33 Å². The zero-order valence-electron chi connectivity index (χ0n) is 19.6. The molecule has 1 saturated heterocycles. The Bertz CT molecular complexity index is 1250. The topological polar surface area (TPSA) is 134 Å². The molecule has 1 saturated carbocycles. The molecule has 1 aliphatic carbocycles. The predicted molar refractivity (Wildman–Crippen MR) is 131 cm³/mol. The number of anilines is 2. The lowest BCUT2D eigenvalue weighted by atomic mass is 9.93. The van der Waals surface area contributed by atoms with Crippen molar-refractivity contribution in [1.82, 2.24) is 25.3 Å². The first-order valence-electron chi connectivity index (χ1n) is 11.9. The maximum atomic E-state index is 12.6. The lowest BCUT2D eigenvalue weighted by Crippen LogP contribution is -2.36. The van der Waals surface area contributed by atoms with Gasteiger partial charge < -0.3 is 30.0 Å². The van der Waals surface area contributed by atoms with Gasteiger partial charge in [-0.2, -0.15) is 0 Å². The van der Waals surface area contributed by atoms with Gasteiger partial charge in [0, 0.05) is 44.1 Å². The summed E-state index contributed by atoms with van der Waals surface area (Å²) in [6.45, 7) is 2.91. The van der Waals surface area contributed by atoms with Crippen LogP contribution in [-0.2, 0) is 4.74 Å². The second-order valence-corrected chi connectivity index (χ2v) is 8.75. The van der Waals surface area contributed by atoms with E-state index in [0.29, 0.717) is 41.5 Å². The van der Waals surface area contributed by atoms with Crippen molar-refractivity contribution in [3.63, 3.8) is 0 Å². The van der Waals surface area contributed by atoms with E-state index >= 15 is 0 Å². The van der Waals surface area contributed by atoms with Gasteiger partial charge in [0.05, 0.1) is 31.2 Å². The predicted octanol–water partition coefficient (Wildman–Crippen LogP) is 1.71. The first kappa shape index (κ1) is 23.0. The van der Waals surface area contributed by atoms with Crippen molar-refractivity contribution in [2.24, 2.45) is 0 Å². The van der Waals surface area contributed by atoms with Crippen molar-refractivity contribution >= 4 is 28.4 Å². The summed E-state index contributed by atoms with van der Waals surface area (Å²) in [5, 5.41) is 6.38. The fourth-order valence-corrected chi connectivity index (χ4v) is 4.62. The lowest BCUT2D eigenvalue weighted by molar-refractivity contribution is 0.0958. The Morgan fingerprint density at radius 1 is 1.17 bits per heavy atom. The van der Waals surface area contributed by atoms with E-state index in [1.807, 2.05) is 12.1 Å². The summed E-state index contributed by atoms with van der Waals surface area (Å²) in [6.07, 6.45) is 6.32. The van der Waals surface area contributed by atoms with E-state index in [0.717, 1.165) is 44.5 Å². The van der Waals surface area contributed by atoms with Gasteiger partial charge in [-0.05, 0) is 37.8 Å². The molecule has 2 aliphatic rings. The average molecular weight is 480 g/mol. The van der Waals surface area contributed by atoms with Gasteiger partial charge in [-0.1, -0.05) is 0 Å². The SMILES string of the molecule is CNC(=O)c1ccnc(N[C@H]2CC[C@@H](Oc3cc(N4CCOCC4)cc4nc[nH]c(=O)c34)CC2)n1. The number of aromatic nitrogens is 4. The van der Waals surface area contributed by atoms with Crippen molar-refractivity contribution in [2.75, 3.05) is 43.6 Å². The number of benzene rings is 1. The van der Waals surface area contributed by atoms with Gasteiger partial charge >= 0.3 is 0 Å². The number of carbonyl (C=O) groups excluding carboxylic acids is 1. The largest absolute Gasteiger partial charge is 0.489 e. The fourth-order valence-electron chi connectivity index (χ4n) is 4.62. The zero-order chi connectivity index (χ0) is 24.2. The molecule has 3 aromatic rings. The number of hydrogen-bond donors (Lipinski definition) is 3. The van der Waals surface area contributed by atoms with E-state index in [4.69, 9.17) is 9.47 Å². The van der Waals surface area contributed by atoms with Crippen molar-refractivity contribution in [2.45, 2.75) is 37.8 Å². The highest BCUT2D eigenvalue weighted by Crippen LogP contribution is 2.32. The van der Waals surface area contributed by atoms with Gasteiger partial charge in [0.2, 0.25) is 5.95 Å². The van der Waals surface area contributed by atoms with Crippen LogP contribution in [0.5, 0.6) is 5.75 Å². The molecule has 0 spiro atoms. The van der Waals surface area contributed by atoms with E-state index in [9.17, 15) is 9.59 Å². The van der Waals surface area contributed by atoms with Crippen LogP contribution in [0.2, 0.25) is 0 Å². The van der Waals surface area contributed by atoms with Gasteiger partial charge in [0.25, 0.3) is 11.5 Å². The minimum Gasteiger partial charge on any atom is -0.489 e. The molecule has 1 aliphatic heterocycles. The van der Waals surface area contributed by atoms with Crippen molar-refractivity contribution < 1.29 is 14.3 Å². The number of nitrogens with one attached hydrogen (secondary N) is 3. The third kappa shape index (κ3) is 5.19. The number of amides is 1. The van der Waals surface area contributed by atoms with Crippen LogP contribution >= 0.6 is 0 Å². The van der Waals surface area contributed by atoms with Crippen LogP contribution in [0.25, 0.3) is 10.9 Å². The molecule has 5 rings (SSSR count). The molecule has 2 aromatic heterocycles. The average Bonchev–Trinajstić information content (AvgIpc) is 2.90.